The maximum absolute atomic E-state index is 5.44. The standard InChI is InChI=1S/C12H23N3O/c1-13-10-8-11-2-3-12(9-10)15(11)14-4-6-16-7-5-14/h10-13H,2-9H2,1H3. The molecule has 0 saturated carbocycles. The van der Waals surface area contributed by atoms with Crippen LogP contribution in [0.1, 0.15) is 25.7 Å². The van der Waals surface area contributed by atoms with E-state index in [0.29, 0.717) is 0 Å². The van der Waals surface area contributed by atoms with Crippen LogP contribution in [0.25, 0.3) is 0 Å². The molecule has 92 valence electrons. The monoisotopic (exact) mass is 225 g/mol. The van der Waals surface area contributed by atoms with Gasteiger partial charge in [-0.3, -0.25) is 0 Å². The molecule has 2 unspecified atom stereocenters. The molecule has 3 heterocycles. The lowest BCUT2D eigenvalue weighted by Crippen LogP contribution is -2.58. The molecule has 0 spiro atoms. The maximum Gasteiger partial charge on any atom is 0.0608 e. The summed E-state index contributed by atoms with van der Waals surface area (Å²) in [6, 6.07) is 2.32. The SMILES string of the molecule is CNC1CC2CCC(C1)N2N1CCOCC1. The Hall–Kier alpha value is -0.160. The first-order valence-corrected chi connectivity index (χ1v) is 6.66. The van der Waals surface area contributed by atoms with Gasteiger partial charge in [0.05, 0.1) is 13.2 Å². The number of hydrazine groups is 1. The largest absolute Gasteiger partial charge is 0.379 e. The number of piperidine rings is 1. The van der Waals surface area contributed by atoms with Gasteiger partial charge >= 0.3 is 0 Å². The van der Waals surface area contributed by atoms with E-state index in [1.807, 2.05) is 0 Å². The van der Waals surface area contributed by atoms with Gasteiger partial charge in [0, 0.05) is 31.2 Å². The smallest absolute Gasteiger partial charge is 0.0608 e. The van der Waals surface area contributed by atoms with Crippen LogP contribution in [0, 0.1) is 0 Å². The second-order valence-electron chi connectivity index (χ2n) is 5.29. The van der Waals surface area contributed by atoms with E-state index < -0.39 is 0 Å². The number of rotatable bonds is 2. The summed E-state index contributed by atoms with van der Waals surface area (Å²) in [4.78, 5) is 0. The first kappa shape index (κ1) is 11.0. The molecule has 2 atom stereocenters. The van der Waals surface area contributed by atoms with Crippen LogP contribution in [0.15, 0.2) is 0 Å². The first-order valence-electron chi connectivity index (χ1n) is 6.66. The highest BCUT2D eigenvalue weighted by atomic mass is 16.5. The Morgan fingerprint density at radius 2 is 1.69 bits per heavy atom. The van der Waals surface area contributed by atoms with Gasteiger partial charge in [0.15, 0.2) is 0 Å². The summed E-state index contributed by atoms with van der Waals surface area (Å²) in [5.74, 6) is 0. The molecule has 0 amide bonds. The quantitative estimate of drug-likeness (QED) is 0.738. The number of hydrogen-bond donors (Lipinski definition) is 1. The van der Waals surface area contributed by atoms with Crippen LogP contribution in [-0.2, 0) is 4.74 Å². The summed E-state index contributed by atoms with van der Waals surface area (Å²) in [5.41, 5.74) is 0. The third kappa shape index (κ3) is 1.88. The molecule has 16 heavy (non-hydrogen) atoms. The molecule has 0 radical (unpaired) electrons. The summed E-state index contributed by atoms with van der Waals surface area (Å²) in [7, 11) is 2.11. The van der Waals surface area contributed by atoms with Crippen molar-refractivity contribution in [2.75, 3.05) is 33.4 Å². The number of nitrogens with zero attached hydrogens (tertiary/aromatic N) is 2. The lowest BCUT2D eigenvalue weighted by molar-refractivity contribution is -0.132. The fraction of sp³-hybridized carbons (Fsp3) is 1.00. The Morgan fingerprint density at radius 3 is 2.25 bits per heavy atom. The van der Waals surface area contributed by atoms with Crippen molar-refractivity contribution < 1.29 is 4.74 Å². The predicted molar refractivity (Wildman–Crippen MR) is 63.1 cm³/mol. The zero-order valence-electron chi connectivity index (χ0n) is 10.2. The Morgan fingerprint density at radius 1 is 1.06 bits per heavy atom. The highest BCUT2D eigenvalue weighted by molar-refractivity contribution is 4.96. The molecule has 3 saturated heterocycles. The molecular formula is C12H23N3O. The minimum atomic E-state index is 0.745. The molecule has 1 N–H and O–H groups in total. The third-order valence-electron chi connectivity index (χ3n) is 4.42. The van der Waals surface area contributed by atoms with Crippen molar-refractivity contribution in [3.63, 3.8) is 0 Å². The average Bonchev–Trinajstić information content (AvgIpc) is 2.61. The molecule has 3 aliphatic rings. The van der Waals surface area contributed by atoms with E-state index in [-0.39, 0.29) is 0 Å². The number of nitrogens with one attached hydrogen (secondary N) is 1. The van der Waals surface area contributed by atoms with Crippen LogP contribution in [0.3, 0.4) is 0 Å². The van der Waals surface area contributed by atoms with Gasteiger partial charge in [-0.05, 0) is 32.7 Å². The lowest BCUT2D eigenvalue weighted by Gasteiger charge is -2.46. The molecule has 3 rings (SSSR count). The minimum absolute atomic E-state index is 0.745. The van der Waals surface area contributed by atoms with Gasteiger partial charge in [-0.2, -0.15) is 0 Å². The van der Waals surface area contributed by atoms with E-state index in [1.165, 1.54) is 25.7 Å². The van der Waals surface area contributed by atoms with Crippen molar-refractivity contribution in [3.05, 3.63) is 0 Å². The Balaban J connectivity index is 1.68. The van der Waals surface area contributed by atoms with E-state index in [0.717, 1.165) is 44.4 Å². The van der Waals surface area contributed by atoms with E-state index in [9.17, 15) is 0 Å². The molecular weight excluding hydrogens is 202 g/mol. The molecule has 0 aromatic carbocycles. The van der Waals surface area contributed by atoms with E-state index in [2.05, 4.69) is 22.4 Å². The fourth-order valence-electron chi connectivity index (χ4n) is 3.63. The highest BCUT2D eigenvalue weighted by Gasteiger charge is 2.43. The van der Waals surface area contributed by atoms with Gasteiger partial charge in [0.2, 0.25) is 0 Å². The van der Waals surface area contributed by atoms with Crippen molar-refractivity contribution in [2.24, 2.45) is 0 Å². The van der Waals surface area contributed by atoms with Gasteiger partial charge < -0.3 is 10.1 Å². The summed E-state index contributed by atoms with van der Waals surface area (Å²) >= 11 is 0. The molecule has 0 aromatic rings. The predicted octanol–water partition coefficient (Wildman–Crippen LogP) is 0.448. The minimum Gasteiger partial charge on any atom is -0.379 e. The zero-order chi connectivity index (χ0) is 11.0. The van der Waals surface area contributed by atoms with Crippen molar-refractivity contribution in [2.45, 2.75) is 43.8 Å². The maximum atomic E-state index is 5.44. The summed E-state index contributed by atoms with van der Waals surface area (Å²) < 4.78 is 5.44. The second-order valence-corrected chi connectivity index (χ2v) is 5.29. The highest BCUT2D eigenvalue weighted by Crippen LogP contribution is 2.36. The van der Waals surface area contributed by atoms with Gasteiger partial charge in [0.25, 0.3) is 0 Å². The Kier molecular flexibility index (Phi) is 3.16. The van der Waals surface area contributed by atoms with Gasteiger partial charge in [-0.1, -0.05) is 0 Å². The second kappa shape index (κ2) is 4.61. The molecule has 4 nitrogen and oxygen atoms in total. The average molecular weight is 225 g/mol. The van der Waals surface area contributed by atoms with Crippen LogP contribution in [0.5, 0.6) is 0 Å². The van der Waals surface area contributed by atoms with Gasteiger partial charge in [0.1, 0.15) is 0 Å². The fourth-order valence-corrected chi connectivity index (χ4v) is 3.63. The normalized spacial score (nSPS) is 41.4. The molecule has 4 heteroatoms. The topological polar surface area (TPSA) is 27.7 Å². The molecule has 3 aliphatic heterocycles. The van der Waals surface area contributed by atoms with E-state index in [1.54, 1.807) is 0 Å². The van der Waals surface area contributed by atoms with Crippen molar-refractivity contribution in [1.82, 2.24) is 15.3 Å². The molecule has 0 aromatic heterocycles. The zero-order valence-corrected chi connectivity index (χ0v) is 10.2. The summed E-state index contributed by atoms with van der Waals surface area (Å²) in [5, 5.41) is 8.70. The van der Waals surface area contributed by atoms with Crippen LogP contribution in [0.2, 0.25) is 0 Å². The third-order valence-corrected chi connectivity index (χ3v) is 4.42. The van der Waals surface area contributed by atoms with Crippen molar-refractivity contribution >= 4 is 0 Å². The Labute approximate surface area is 97.9 Å². The Bertz CT molecular complexity index is 228. The van der Waals surface area contributed by atoms with Crippen molar-refractivity contribution in [1.29, 1.82) is 0 Å². The number of morpholine rings is 1. The first-order chi connectivity index (χ1) is 7.88. The summed E-state index contributed by atoms with van der Waals surface area (Å²) in [6.45, 7) is 4.01. The van der Waals surface area contributed by atoms with Gasteiger partial charge in [-0.15, -0.1) is 0 Å². The van der Waals surface area contributed by atoms with Crippen LogP contribution in [0.4, 0.5) is 0 Å². The van der Waals surface area contributed by atoms with Crippen LogP contribution < -0.4 is 5.32 Å². The van der Waals surface area contributed by atoms with E-state index >= 15 is 0 Å². The van der Waals surface area contributed by atoms with Crippen LogP contribution in [-0.4, -0.2) is 61.5 Å². The van der Waals surface area contributed by atoms with Gasteiger partial charge in [-0.25, -0.2) is 10.0 Å². The molecule has 3 fully saturated rings. The lowest BCUT2D eigenvalue weighted by atomic mass is 9.99. The number of ether oxygens (including phenoxy) is 1. The molecule has 2 bridgehead atoms. The van der Waals surface area contributed by atoms with Crippen molar-refractivity contribution in [3.8, 4) is 0 Å². The molecule has 0 aliphatic carbocycles. The van der Waals surface area contributed by atoms with E-state index in [4.69, 9.17) is 4.74 Å². The number of hydrogen-bond acceptors (Lipinski definition) is 4. The number of fused-ring (bicyclic) bond motifs is 2. The summed E-state index contributed by atoms with van der Waals surface area (Å²) in [6.07, 6.45) is 5.43. The van der Waals surface area contributed by atoms with Crippen LogP contribution >= 0.6 is 0 Å².